The van der Waals surface area contributed by atoms with Crippen LogP contribution >= 0.6 is 11.3 Å². The Bertz CT molecular complexity index is 629. The van der Waals surface area contributed by atoms with E-state index in [1.165, 1.54) is 4.90 Å². The molecule has 0 bridgehead atoms. The zero-order valence-electron chi connectivity index (χ0n) is 16.6. The predicted molar refractivity (Wildman–Crippen MR) is 104 cm³/mol. The van der Waals surface area contributed by atoms with Gasteiger partial charge >= 0.3 is 6.18 Å². The lowest BCUT2D eigenvalue weighted by Gasteiger charge is -2.26. The van der Waals surface area contributed by atoms with Crippen molar-refractivity contribution in [1.29, 1.82) is 0 Å². The zero-order valence-corrected chi connectivity index (χ0v) is 17.4. The first kappa shape index (κ1) is 21.9. The van der Waals surface area contributed by atoms with E-state index in [4.69, 9.17) is 4.99 Å². The summed E-state index contributed by atoms with van der Waals surface area (Å²) in [7, 11) is 0. The van der Waals surface area contributed by atoms with Crippen LogP contribution in [0.2, 0.25) is 0 Å². The van der Waals surface area contributed by atoms with Gasteiger partial charge in [-0.25, -0.2) is 9.98 Å². The minimum absolute atomic E-state index is 0.226. The molecule has 1 fully saturated rings. The van der Waals surface area contributed by atoms with E-state index in [-0.39, 0.29) is 5.92 Å². The first-order valence-corrected chi connectivity index (χ1v) is 10.3. The number of aliphatic imine (C=N–C) groups is 1. The molecule has 1 aromatic rings. The van der Waals surface area contributed by atoms with Crippen LogP contribution in [0.15, 0.2) is 4.99 Å². The summed E-state index contributed by atoms with van der Waals surface area (Å²) >= 11 is 1.66. The Morgan fingerprint density at radius 2 is 2.11 bits per heavy atom. The predicted octanol–water partition coefficient (Wildman–Crippen LogP) is 3.43. The maximum Gasteiger partial charge on any atom is 0.401 e. The Balaban J connectivity index is 1.96. The van der Waals surface area contributed by atoms with Crippen LogP contribution < -0.4 is 5.32 Å². The highest BCUT2D eigenvalue weighted by atomic mass is 32.1. The van der Waals surface area contributed by atoms with Gasteiger partial charge in [-0.2, -0.15) is 13.2 Å². The molecule has 1 aromatic heterocycles. The van der Waals surface area contributed by atoms with Crippen molar-refractivity contribution in [3.8, 4) is 0 Å². The SMILES string of the molecule is CCNC(=NCc1sc(C)nc1C)N1CCC(CN(CC)CC(F)(F)F)C1. The maximum atomic E-state index is 12.7. The molecule has 1 aliphatic heterocycles. The Morgan fingerprint density at radius 1 is 1.37 bits per heavy atom. The van der Waals surface area contributed by atoms with Gasteiger partial charge in [0.1, 0.15) is 0 Å². The van der Waals surface area contributed by atoms with E-state index in [1.54, 1.807) is 18.3 Å². The van der Waals surface area contributed by atoms with Crippen molar-refractivity contribution < 1.29 is 13.2 Å². The topological polar surface area (TPSA) is 43.8 Å². The first-order chi connectivity index (χ1) is 12.7. The maximum absolute atomic E-state index is 12.7. The molecule has 0 amide bonds. The lowest BCUT2D eigenvalue weighted by Crippen LogP contribution is -2.41. The molecule has 1 atom stereocenters. The zero-order chi connectivity index (χ0) is 20.0. The number of nitrogens with zero attached hydrogens (tertiary/aromatic N) is 4. The largest absolute Gasteiger partial charge is 0.401 e. The standard InChI is InChI=1S/C18H30F3N5S/c1-5-22-17(23-9-16-13(3)24-14(4)27-16)26-8-7-15(11-26)10-25(6-2)12-18(19,20)21/h15H,5-12H2,1-4H3,(H,22,23). The second-order valence-corrected chi connectivity index (χ2v) is 8.24. The number of nitrogens with one attached hydrogen (secondary N) is 1. The molecule has 0 radical (unpaired) electrons. The summed E-state index contributed by atoms with van der Waals surface area (Å²) in [5.74, 6) is 1.06. The molecule has 1 aliphatic rings. The summed E-state index contributed by atoms with van der Waals surface area (Å²) in [4.78, 5) is 14.0. The number of aromatic nitrogens is 1. The molecule has 1 unspecified atom stereocenters. The second-order valence-electron chi connectivity index (χ2n) is 6.96. The van der Waals surface area contributed by atoms with Crippen LogP contribution in [-0.2, 0) is 6.54 Å². The van der Waals surface area contributed by atoms with Crippen molar-refractivity contribution in [3.05, 3.63) is 15.6 Å². The third-order valence-corrected chi connectivity index (χ3v) is 5.72. The molecule has 27 heavy (non-hydrogen) atoms. The third-order valence-electron chi connectivity index (χ3n) is 4.66. The van der Waals surface area contributed by atoms with Gasteiger partial charge in [0.05, 0.1) is 23.8 Å². The summed E-state index contributed by atoms with van der Waals surface area (Å²) in [6.45, 7) is 10.7. The minimum atomic E-state index is -4.14. The molecule has 1 saturated heterocycles. The summed E-state index contributed by atoms with van der Waals surface area (Å²) in [5, 5.41) is 4.35. The van der Waals surface area contributed by atoms with Gasteiger partial charge in [0, 0.05) is 31.1 Å². The Hall–Kier alpha value is -1.35. The van der Waals surface area contributed by atoms with Gasteiger partial charge in [0.15, 0.2) is 5.96 Å². The molecule has 0 aromatic carbocycles. The number of guanidine groups is 1. The van der Waals surface area contributed by atoms with E-state index >= 15 is 0 Å². The highest BCUT2D eigenvalue weighted by Crippen LogP contribution is 2.22. The molecule has 0 saturated carbocycles. The summed E-state index contributed by atoms with van der Waals surface area (Å²) in [6, 6.07) is 0. The van der Waals surface area contributed by atoms with Gasteiger partial charge < -0.3 is 10.2 Å². The van der Waals surface area contributed by atoms with Crippen molar-refractivity contribution in [1.82, 2.24) is 20.1 Å². The molecule has 5 nitrogen and oxygen atoms in total. The van der Waals surface area contributed by atoms with E-state index < -0.39 is 12.7 Å². The molecular weight excluding hydrogens is 375 g/mol. The lowest BCUT2D eigenvalue weighted by molar-refractivity contribution is -0.146. The van der Waals surface area contributed by atoms with Crippen LogP contribution in [0.3, 0.4) is 0 Å². The van der Waals surface area contributed by atoms with Crippen molar-refractivity contribution in [2.75, 3.05) is 39.3 Å². The fourth-order valence-corrected chi connectivity index (χ4v) is 4.25. The molecule has 2 rings (SSSR count). The summed E-state index contributed by atoms with van der Waals surface area (Å²) in [5.41, 5.74) is 1.02. The Labute approximate surface area is 163 Å². The monoisotopic (exact) mass is 405 g/mol. The Kier molecular flexibility index (Phi) is 7.91. The molecule has 0 aliphatic carbocycles. The van der Waals surface area contributed by atoms with Crippen molar-refractivity contribution in [2.24, 2.45) is 10.9 Å². The summed E-state index contributed by atoms with van der Waals surface area (Å²) in [6.07, 6.45) is -3.26. The second kappa shape index (κ2) is 9.73. The van der Waals surface area contributed by atoms with Gasteiger partial charge in [-0.3, -0.25) is 4.90 Å². The molecule has 1 N–H and O–H groups in total. The lowest BCUT2D eigenvalue weighted by atomic mass is 10.1. The average Bonchev–Trinajstić information content (AvgIpc) is 3.15. The normalized spacial score (nSPS) is 18.6. The average molecular weight is 406 g/mol. The number of thiazole rings is 1. The first-order valence-electron chi connectivity index (χ1n) is 9.47. The van der Waals surface area contributed by atoms with E-state index in [9.17, 15) is 13.2 Å². The van der Waals surface area contributed by atoms with Gasteiger partial charge in [-0.05, 0) is 39.7 Å². The molecule has 0 spiro atoms. The fourth-order valence-electron chi connectivity index (χ4n) is 3.39. The highest BCUT2D eigenvalue weighted by molar-refractivity contribution is 7.11. The quantitative estimate of drug-likeness (QED) is 0.558. The van der Waals surface area contributed by atoms with E-state index in [1.807, 2.05) is 20.8 Å². The minimum Gasteiger partial charge on any atom is -0.357 e. The molecule has 2 heterocycles. The number of rotatable bonds is 7. The number of halogens is 3. The van der Waals surface area contributed by atoms with Crippen LogP contribution in [0.4, 0.5) is 13.2 Å². The highest BCUT2D eigenvalue weighted by Gasteiger charge is 2.33. The number of likely N-dealkylation sites (tertiary alicyclic amines) is 1. The van der Waals surface area contributed by atoms with E-state index in [2.05, 4.69) is 15.2 Å². The van der Waals surface area contributed by atoms with Gasteiger partial charge in [-0.1, -0.05) is 6.92 Å². The Morgan fingerprint density at radius 3 is 2.67 bits per heavy atom. The van der Waals surface area contributed by atoms with E-state index in [0.29, 0.717) is 19.6 Å². The molecule has 154 valence electrons. The van der Waals surface area contributed by atoms with Crippen LogP contribution in [0.5, 0.6) is 0 Å². The third kappa shape index (κ3) is 6.95. The van der Waals surface area contributed by atoms with E-state index in [0.717, 1.165) is 47.6 Å². The van der Waals surface area contributed by atoms with Crippen LogP contribution in [-0.4, -0.2) is 66.2 Å². The fraction of sp³-hybridized carbons (Fsp3) is 0.778. The number of alkyl halides is 3. The van der Waals surface area contributed by atoms with Gasteiger partial charge in [0.2, 0.25) is 0 Å². The van der Waals surface area contributed by atoms with Gasteiger partial charge in [-0.15, -0.1) is 11.3 Å². The number of hydrogen-bond donors (Lipinski definition) is 1. The van der Waals surface area contributed by atoms with Crippen molar-refractivity contribution in [3.63, 3.8) is 0 Å². The number of aryl methyl sites for hydroxylation is 2. The van der Waals surface area contributed by atoms with Crippen LogP contribution in [0, 0.1) is 19.8 Å². The smallest absolute Gasteiger partial charge is 0.357 e. The van der Waals surface area contributed by atoms with Crippen LogP contribution in [0.25, 0.3) is 0 Å². The molecule has 9 heteroatoms. The number of hydrogen-bond acceptors (Lipinski definition) is 4. The summed E-state index contributed by atoms with van der Waals surface area (Å²) < 4.78 is 38.0. The van der Waals surface area contributed by atoms with Gasteiger partial charge in [0.25, 0.3) is 0 Å². The van der Waals surface area contributed by atoms with Crippen LogP contribution in [0.1, 0.15) is 35.8 Å². The molecular formula is C18H30F3N5S. The van der Waals surface area contributed by atoms with Crippen molar-refractivity contribution in [2.45, 2.75) is 46.8 Å². The van der Waals surface area contributed by atoms with Crippen molar-refractivity contribution >= 4 is 17.3 Å².